The van der Waals surface area contributed by atoms with E-state index in [0.29, 0.717) is 24.1 Å². The molecule has 166 valence electrons. The van der Waals surface area contributed by atoms with Gasteiger partial charge in [0.15, 0.2) is 0 Å². The minimum absolute atomic E-state index is 0.0486. The Hall–Kier alpha value is -2.73. The van der Waals surface area contributed by atoms with Gasteiger partial charge in [0.25, 0.3) is 5.91 Å². The summed E-state index contributed by atoms with van der Waals surface area (Å²) in [7, 11) is 0. The zero-order chi connectivity index (χ0) is 22.4. The maximum Gasteiger partial charge on any atom is 0.272 e. The SMILES string of the molecule is CCCC1(CCC)Nc2ccc(F)cc2[C@@H](CC(C)=O)N(OCc2ccccc2)C1=O. The first-order valence-electron chi connectivity index (χ1n) is 11.0. The van der Waals surface area contributed by atoms with E-state index in [0.717, 1.165) is 18.4 Å². The third kappa shape index (κ3) is 5.13. The van der Waals surface area contributed by atoms with Crippen LogP contribution in [0.5, 0.6) is 0 Å². The number of rotatable bonds is 9. The number of nitrogens with zero attached hydrogens (tertiary/aromatic N) is 1. The third-order valence-electron chi connectivity index (χ3n) is 5.69. The van der Waals surface area contributed by atoms with Crippen LogP contribution in [-0.2, 0) is 21.0 Å². The quantitative estimate of drug-likeness (QED) is 0.569. The molecule has 0 radical (unpaired) electrons. The van der Waals surface area contributed by atoms with Gasteiger partial charge in [-0.15, -0.1) is 0 Å². The normalized spacial score (nSPS) is 17.6. The first-order valence-corrected chi connectivity index (χ1v) is 11.0. The Balaban J connectivity index is 2.10. The van der Waals surface area contributed by atoms with Gasteiger partial charge < -0.3 is 5.32 Å². The van der Waals surface area contributed by atoms with Gasteiger partial charge >= 0.3 is 0 Å². The number of anilines is 1. The highest BCUT2D eigenvalue weighted by molar-refractivity contribution is 5.91. The van der Waals surface area contributed by atoms with Crippen LogP contribution in [0.15, 0.2) is 48.5 Å². The molecule has 0 aromatic heterocycles. The smallest absolute Gasteiger partial charge is 0.272 e. The van der Waals surface area contributed by atoms with Crippen molar-refractivity contribution in [2.45, 2.75) is 71.1 Å². The monoisotopic (exact) mass is 426 g/mol. The first-order chi connectivity index (χ1) is 14.9. The molecule has 1 amide bonds. The second-order valence-corrected chi connectivity index (χ2v) is 8.25. The number of benzene rings is 2. The lowest BCUT2D eigenvalue weighted by atomic mass is 9.87. The number of Topliss-reactive ketones (excluding diaryl/α,β-unsaturated/α-hetero) is 1. The molecule has 0 unspecified atom stereocenters. The van der Waals surface area contributed by atoms with E-state index < -0.39 is 17.4 Å². The van der Waals surface area contributed by atoms with E-state index in [1.54, 1.807) is 6.07 Å². The van der Waals surface area contributed by atoms with Crippen molar-refractivity contribution in [1.29, 1.82) is 0 Å². The van der Waals surface area contributed by atoms with E-state index in [1.165, 1.54) is 24.1 Å². The van der Waals surface area contributed by atoms with Gasteiger partial charge in [-0.25, -0.2) is 9.45 Å². The number of hydrogen-bond acceptors (Lipinski definition) is 4. The summed E-state index contributed by atoms with van der Waals surface area (Å²) < 4.78 is 14.2. The summed E-state index contributed by atoms with van der Waals surface area (Å²) in [4.78, 5) is 32.2. The van der Waals surface area contributed by atoms with Crippen molar-refractivity contribution in [3.8, 4) is 0 Å². The zero-order valence-corrected chi connectivity index (χ0v) is 18.5. The number of hydroxylamine groups is 2. The minimum atomic E-state index is -0.877. The molecule has 1 aliphatic rings. The van der Waals surface area contributed by atoms with Crippen LogP contribution in [0.4, 0.5) is 10.1 Å². The Morgan fingerprint density at radius 3 is 2.42 bits per heavy atom. The summed E-state index contributed by atoms with van der Waals surface area (Å²) in [5.74, 6) is -0.724. The molecule has 2 aromatic carbocycles. The average molecular weight is 427 g/mol. The van der Waals surface area contributed by atoms with Crippen molar-refractivity contribution in [2.24, 2.45) is 0 Å². The lowest BCUT2D eigenvalue weighted by Gasteiger charge is -2.37. The number of carbonyl (C=O) groups excluding carboxylic acids is 2. The number of ketones is 1. The average Bonchev–Trinajstić information content (AvgIpc) is 2.82. The predicted octanol–water partition coefficient (Wildman–Crippen LogP) is 5.57. The molecular formula is C25H31FN2O3. The zero-order valence-electron chi connectivity index (χ0n) is 18.5. The highest BCUT2D eigenvalue weighted by atomic mass is 19.1. The lowest BCUT2D eigenvalue weighted by molar-refractivity contribution is -0.212. The van der Waals surface area contributed by atoms with Crippen LogP contribution >= 0.6 is 0 Å². The number of nitrogens with one attached hydrogen (secondary N) is 1. The van der Waals surface area contributed by atoms with Crippen molar-refractivity contribution < 1.29 is 18.8 Å². The minimum Gasteiger partial charge on any atom is -0.371 e. The summed E-state index contributed by atoms with van der Waals surface area (Å²) in [6.45, 7) is 5.72. The molecule has 1 aliphatic heterocycles. The maximum absolute atomic E-state index is 14.2. The number of fused-ring (bicyclic) bond motifs is 1. The molecule has 2 aromatic rings. The molecular weight excluding hydrogens is 395 g/mol. The van der Waals surface area contributed by atoms with Crippen molar-refractivity contribution in [3.05, 3.63) is 65.5 Å². The Bertz CT molecular complexity index is 910. The maximum atomic E-state index is 14.2. The standard InChI is InChI=1S/C25H31FN2O3/c1-4-13-25(14-5-2)24(30)28(31-17-19-9-7-6-8-10-19)23(15-18(3)29)21-16-20(26)11-12-22(21)27-25/h6-12,16,23,27H,4-5,13-15,17H2,1-3H3/t23-/m1/s1. The van der Waals surface area contributed by atoms with E-state index in [1.807, 2.05) is 44.2 Å². The molecule has 0 saturated heterocycles. The fraction of sp³-hybridized carbons (Fsp3) is 0.440. The summed E-state index contributed by atoms with van der Waals surface area (Å²) >= 11 is 0. The molecule has 0 spiro atoms. The summed E-state index contributed by atoms with van der Waals surface area (Å²) in [5, 5.41) is 4.77. The highest BCUT2D eigenvalue weighted by Gasteiger charge is 2.46. The largest absolute Gasteiger partial charge is 0.371 e. The van der Waals surface area contributed by atoms with Crippen LogP contribution in [0.1, 0.15) is 70.0 Å². The molecule has 31 heavy (non-hydrogen) atoms. The van der Waals surface area contributed by atoms with E-state index in [9.17, 15) is 14.0 Å². The van der Waals surface area contributed by atoms with Crippen LogP contribution in [0.2, 0.25) is 0 Å². The molecule has 0 aliphatic carbocycles. The van der Waals surface area contributed by atoms with E-state index in [-0.39, 0.29) is 24.7 Å². The van der Waals surface area contributed by atoms with Gasteiger partial charge in [0, 0.05) is 17.7 Å². The second kappa shape index (κ2) is 10.1. The Morgan fingerprint density at radius 2 is 1.81 bits per heavy atom. The molecule has 1 N–H and O–H groups in total. The van der Waals surface area contributed by atoms with Gasteiger partial charge in [-0.1, -0.05) is 57.0 Å². The van der Waals surface area contributed by atoms with Gasteiger partial charge in [0.1, 0.15) is 23.7 Å². The van der Waals surface area contributed by atoms with Gasteiger partial charge in [-0.2, -0.15) is 0 Å². The first kappa shape index (κ1) is 22.9. The summed E-state index contributed by atoms with van der Waals surface area (Å²) in [5.41, 5.74) is 1.27. The molecule has 0 fully saturated rings. The van der Waals surface area contributed by atoms with Crippen LogP contribution in [0, 0.1) is 5.82 Å². The van der Waals surface area contributed by atoms with Crippen molar-refractivity contribution in [1.82, 2.24) is 5.06 Å². The Morgan fingerprint density at radius 1 is 1.13 bits per heavy atom. The number of halogens is 1. The number of amides is 1. The van der Waals surface area contributed by atoms with E-state index >= 15 is 0 Å². The molecule has 3 rings (SSSR count). The molecule has 6 heteroatoms. The second-order valence-electron chi connectivity index (χ2n) is 8.25. The fourth-order valence-corrected chi connectivity index (χ4v) is 4.36. The van der Waals surface area contributed by atoms with Crippen molar-refractivity contribution in [3.63, 3.8) is 0 Å². The lowest BCUT2D eigenvalue weighted by Crippen LogP contribution is -2.53. The number of carbonyl (C=O) groups is 2. The van der Waals surface area contributed by atoms with Gasteiger partial charge in [-0.3, -0.25) is 14.4 Å². The fourth-order valence-electron chi connectivity index (χ4n) is 4.36. The predicted molar refractivity (Wildman–Crippen MR) is 119 cm³/mol. The Kier molecular flexibility index (Phi) is 7.44. The molecule has 1 heterocycles. The van der Waals surface area contributed by atoms with Gasteiger partial charge in [0.2, 0.25) is 0 Å². The molecule has 0 bridgehead atoms. The summed E-state index contributed by atoms with van der Waals surface area (Å²) in [6.07, 6.45) is 2.84. The topological polar surface area (TPSA) is 58.6 Å². The summed E-state index contributed by atoms with van der Waals surface area (Å²) in [6, 6.07) is 13.3. The molecule has 0 saturated carbocycles. The number of hydrogen-bond donors (Lipinski definition) is 1. The third-order valence-corrected chi connectivity index (χ3v) is 5.69. The van der Waals surface area contributed by atoms with E-state index in [2.05, 4.69) is 5.32 Å². The Labute approximate surface area is 183 Å². The molecule has 1 atom stereocenters. The van der Waals surface area contributed by atoms with Gasteiger partial charge in [0.05, 0.1) is 6.04 Å². The highest BCUT2D eigenvalue weighted by Crippen LogP contribution is 2.41. The van der Waals surface area contributed by atoms with Crippen LogP contribution in [0.25, 0.3) is 0 Å². The van der Waals surface area contributed by atoms with Gasteiger partial charge in [-0.05, 0) is 43.5 Å². The van der Waals surface area contributed by atoms with Crippen molar-refractivity contribution >= 4 is 17.4 Å². The van der Waals surface area contributed by atoms with Crippen LogP contribution in [0.3, 0.4) is 0 Å². The molecule has 5 nitrogen and oxygen atoms in total. The van der Waals surface area contributed by atoms with Crippen molar-refractivity contribution in [2.75, 3.05) is 5.32 Å². The van der Waals surface area contributed by atoms with Crippen LogP contribution < -0.4 is 5.32 Å². The van der Waals surface area contributed by atoms with Crippen LogP contribution in [-0.4, -0.2) is 22.3 Å². The van der Waals surface area contributed by atoms with E-state index in [4.69, 9.17) is 4.84 Å².